The van der Waals surface area contributed by atoms with Crippen LogP contribution in [0.25, 0.3) is 0 Å². The normalized spacial score (nSPS) is 13.9. The van der Waals surface area contributed by atoms with Gasteiger partial charge in [0.15, 0.2) is 0 Å². The smallest absolute Gasteiger partial charge is 0.202 e. The van der Waals surface area contributed by atoms with Crippen molar-refractivity contribution < 1.29 is 43.2 Å². The molecule has 0 saturated heterocycles. The fraction of sp³-hybridized carbons (Fsp3) is 1.00. The zero-order chi connectivity index (χ0) is 14.7. The van der Waals surface area contributed by atoms with E-state index in [2.05, 4.69) is 9.24 Å². The lowest BCUT2D eigenvalue weighted by Crippen LogP contribution is -2.45. The highest BCUT2D eigenvalue weighted by Crippen LogP contribution is 2.27. The van der Waals surface area contributed by atoms with E-state index in [9.17, 15) is 43.2 Å². The number of hydrogen-bond acceptors (Lipinski definition) is 4. The Morgan fingerprint density at radius 3 is 1.06 bits per heavy atom. The second-order valence-electron chi connectivity index (χ2n) is 1.98. The van der Waals surface area contributed by atoms with Crippen LogP contribution in [0.5, 0.6) is 0 Å². The Labute approximate surface area is 94.9 Å². The lowest BCUT2D eigenvalue weighted by molar-refractivity contribution is -0.0476. The molecule has 0 bridgehead atoms. The van der Waals surface area contributed by atoms with Crippen molar-refractivity contribution in [1.29, 1.82) is 0 Å². The van der Waals surface area contributed by atoms with Gasteiger partial charge in [0.2, 0.25) is 0 Å². The van der Waals surface area contributed by atoms with Crippen molar-refractivity contribution >= 4 is 29.3 Å². The minimum atomic E-state index is -6.60. The van der Waals surface area contributed by atoms with Gasteiger partial charge in [-0.25, -0.2) is 16.8 Å². The molecule has 0 spiro atoms. The fourth-order valence-electron chi connectivity index (χ4n) is 0.239. The van der Waals surface area contributed by atoms with E-state index >= 15 is 0 Å². The maximum atomic E-state index is 11.5. The van der Waals surface area contributed by atoms with Gasteiger partial charge >= 0.3 is 31.1 Å². The van der Waals surface area contributed by atoms with Gasteiger partial charge in [0.05, 0.1) is 0 Å². The highest BCUT2D eigenvalue weighted by Gasteiger charge is 2.55. The molecule has 0 heterocycles. The van der Waals surface area contributed by atoms with E-state index in [1.807, 2.05) is 6.66 Å². The SMILES string of the molecule is CP.O=S(=O)(NS(=O)(=O)C(F)(F)F)C(F)(F)F. The van der Waals surface area contributed by atoms with Crippen molar-refractivity contribution in [2.45, 2.75) is 11.0 Å². The number of sulfonamides is 2. The number of alkyl halides is 6. The lowest BCUT2D eigenvalue weighted by Gasteiger charge is -2.11. The first-order valence-electron chi connectivity index (χ1n) is 3.19. The van der Waals surface area contributed by atoms with Crippen LogP contribution in [0.2, 0.25) is 0 Å². The summed E-state index contributed by atoms with van der Waals surface area (Å²) in [5, 5.41) is 0. The van der Waals surface area contributed by atoms with Gasteiger partial charge in [-0.15, -0.1) is 9.24 Å². The summed E-state index contributed by atoms with van der Waals surface area (Å²) in [7, 11) is -10.8. The first kappa shape index (κ1) is 19.2. The molecule has 1 atom stereocenters. The molecular formula is C3H6F6NO4PS2. The van der Waals surface area contributed by atoms with Gasteiger partial charge in [-0.3, -0.25) is 0 Å². The summed E-state index contributed by atoms with van der Waals surface area (Å²) in [6.07, 6.45) is 0. The van der Waals surface area contributed by atoms with Crippen molar-refractivity contribution in [3.8, 4) is 0 Å². The van der Waals surface area contributed by atoms with Crippen LogP contribution in [0.1, 0.15) is 0 Å². The van der Waals surface area contributed by atoms with Crippen molar-refractivity contribution in [2.75, 3.05) is 6.66 Å². The van der Waals surface area contributed by atoms with Crippen LogP contribution in [0.15, 0.2) is 0 Å². The van der Waals surface area contributed by atoms with Gasteiger partial charge in [-0.1, -0.05) is 10.8 Å². The lowest BCUT2D eigenvalue weighted by atomic mass is 11.6. The fourth-order valence-corrected chi connectivity index (χ4v) is 2.15. The standard InChI is InChI=1S/C2HF6NO4S2.CH5P/c3-1(4,5)14(10,11)9-15(12,13)2(6,7)8;1-2/h9H;2H2,1H3. The summed E-state index contributed by atoms with van der Waals surface area (Å²) in [5.41, 5.74) is -12.3. The minimum Gasteiger partial charge on any atom is -0.202 e. The molecule has 0 aliphatic carbocycles. The van der Waals surface area contributed by atoms with Crippen LogP contribution >= 0.6 is 9.24 Å². The monoisotopic (exact) mass is 329 g/mol. The quantitative estimate of drug-likeness (QED) is 0.599. The minimum absolute atomic E-state index is 0.493. The average Bonchev–Trinajstić information content (AvgIpc) is 2.01. The molecule has 0 aliphatic rings. The highest BCUT2D eigenvalue weighted by atomic mass is 32.3. The molecule has 17 heavy (non-hydrogen) atoms. The Kier molecular flexibility index (Phi) is 6.41. The third-order valence-electron chi connectivity index (χ3n) is 0.829. The van der Waals surface area contributed by atoms with Gasteiger partial charge in [0.1, 0.15) is 0 Å². The number of nitrogens with one attached hydrogen (secondary N) is 1. The maximum absolute atomic E-state index is 11.5. The third-order valence-corrected chi connectivity index (χ3v) is 3.80. The van der Waals surface area contributed by atoms with Gasteiger partial charge < -0.3 is 0 Å². The molecule has 0 aliphatic heterocycles. The first-order valence-corrected chi connectivity index (χ1v) is 7.32. The molecule has 1 N–H and O–H groups in total. The topological polar surface area (TPSA) is 80.3 Å². The van der Waals surface area contributed by atoms with Gasteiger partial charge in [0, 0.05) is 0 Å². The molecular weight excluding hydrogens is 323 g/mol. The van der Waals surface area contributed by atoms with Crippen molar-refractivity contribution in [3.63, 3.8) is 0 Å². The summed E-state index contributed by atoms with van der Waals surface area (Å²) in [6, 6.07) is 0. The molecule has 5 nitrogen and oxygen atoms in total. The predicted octanol–water partition coefficient (Wildman–Crippen LogP) is 0.767. The molecule has 0 radical (unpaired) electrons. The van der Waals surface area contributed by atoms with Crippen molar-refractivity contribution in [3.05, 3.63) is 0 Å². The van der Waals surface area contributed by atoms with E-state index in [0.717, 1.165) is 0 Å². The molecule has 0 aromatic carbocycles. The third kappa shape index (κ3) is 5.36. The second-order valence-corrected chi connectivity index (χ2v) is 5.59. The summed E-state index contributed by atoms with van der Waals surface area (Å²) in [4.78, 5) is 0. The van der Waals surface area contributed by atoms with Gasteiger partial charge in [-0.05, 0) is 0 Å². The Morgan fingerprint density at radius 2 is 0.941 bits per heavy atom. The number of rotatable bonds is 2. The molecule has 0 rings (SSSR count). The summed E-state index contributed by atoms with van der Waals surface area (Å²) in [6.45, 7) is 1.92. The Hall–Kier alpha value is -0.130. The molecule has 0 fully saturated rings. The molecule has 0 aromatic heterocycles. The van der Waals surface area contributed by atoms with Gasteiger partial charge in [0.25, 0.3) is 0 Å². The Balaban J connectivity index is 0. The maximum Gasteiger partial charge on any atom is 0.512 e. The van der Waals surface area contributed by atoms with E-state index in [-0.39, 0.29) is 0 Å². The second kappa shape index (κ2) is 5.67. The van der Waals surface area contributed by atoms with E-state index in [0.29, 0.717) is 0 Å². The van der Waals surface area contributed by atoms with E-state index in [1.165, 1.54) is 0 Å². The predicted molar refractivity (Wildman–Crippen MR) is 48.7 cm³/mol. The first-order chi connectivity index (χ1) is 7.21. The number of hydrogen-bond donors (Lipinski definition) is 1. The van der Waals surface area contributed by atoms with Crippen LogP contribution in [-0.4, -0.2) is 34.5 Å². The largest absolute Gasteiger partial charge is 0.512 e. The van der Waals surface area contributed by atoms with Crippen LogP contribution in [0.3, 0.4) is 0 Å². The van der Waals surface area contributed by atoms with Crippen LogP contribution < -0.4 is 4.13 Å². The molecule has 106 valence electrons. The summed E-state index contributed by atoms with van der Waals surface area (Å²) < 4.78 is 108. The van der Waals surface area contributed by atoms with Crippen LogP contribution in [-0.2, 0) is 20.0 Å². The van der Waals surface area contributed by atoms with Crippen LogP contribution in [0.4, 0.5) is 26.3 Å². The summed E-state index contributed by atoms with van der Waals surface area (Å²) >= 11 is 0. The van der Waals surface area contributed by atoms with Crippen molar-refractivity contribution in [1.82, 2.24) is 4.13 Å². The average molecular weight is 329 g/mol. The zero-order valence-electron chi connectivity index (χ0n) is 7.79. The molecule has 1 unspecified atom stereocenters. The molecule has 14 heteroatoms. The van der Waals surface area contributed by atoms with E-state index in [4.69, 9.17) is 0 Å². The van der Waals surface area contributed by atoms with Crippen molar-refractivity contribution in [2.24, 2.45) is 0 Å². The van der Waals surface area contributed by atoms with Crippen LogP contribution in [0, 0.1) is 0 Å². The number of halogens is 6. The highest BCUT2D eigenvalue weighted by molar-refractivity contribution is 8.05. The van der Waals surface area contributed by atoms with Gasteiger partial charge in [-0.2, -0.15) is 26.3 Å². The molecule has 0 aromatic rings. The molecule has 0 amide bonds. The zero-order valence-corrected chi connectivity index (χ0v) is 10.6. The van der Waals surface area contributed by atoms with E-state index < -0.39 is 35.2 Å². The Morgan fingerprint density at radius 1 is 0.765 bits per heavy atom. The van der Waals surface area contributed by atoms with E-state index in [1.54, 1.807) is 0 Å². The Bertz CT molecular complexity index is 393. The molecule has 0 saturated carbocycles. The summed E-state index contributed by atoms with van der Waals surface area (Å²) in [5.74, 6) is 0.